The van der Waals surface area contributed by atoms with Gasteiger partial charge in [-0.1, -0.05) is 11.6 Å². The fraction of sp³-hybridized carbons (Fsp3) is 0. The first-order chi connectivity index (χ1) is 6.24. The standard InChI is InChI=1S/C9H6ClNOS/c10-8-6-1-2-13-7(6)3-5(4-12)9(8)11/h1-4H,11H2. The Morgan fingerprint density at radius 1 is 1.54 bits per heavy atom. The van der Waals surface area contributed by atoms with Gasteiger partial charge in [0.25, 0.3) is 0 Å². The maximum absolute atomic E-state index is 10.6. The van der Waals surface area contributed by atoms with Crippen LogP contribution in [0.25, 0.3) is 10.1 Å². The Morgan fingerprint density at radius 3 is 3.00 bits per heavy atom. The lowest BCUT2D eigenvalue weighted by molar-refractivity contribution is 0.112. The molecule has 2 aromatic rings. The van der Waals surface area contributed by atoms with Gasteiger partial charge in [-0.2, -0.15) is 0 Å². The molecule has 1 heterocycles. The van der Waals surface area contributed by atoms with Gasteiger partial charge in [0, 0.05) is 15.6 Å². The van der Waals surface area contributed by atoms with Gasteiger partial charge in [0.15, 0.2) is 6.29 Å². The molecule has 0 amide bonds. The molecule has 0 radical (unpaired) electrons. The van der Waals surface area contributed by atoms with Crippen molar-refractivity contribution in [3.8, 4) is 0 Å². The molecule has 0 aliphatic heterocycles. The second kappa shape index (κ2) is 3.01. The van der Waals surface area contributed by atoms with Gasteiger partial charge >= 0.3 is 0 Å². The van der Waals surface area contributed by atoms with Crippen molar-refractivity contribution in [2.45, 2.75) is 0 Å². The number of hydrogen-bond donors (Lipinski definition) is 1. The van der Waals surface area contributed by atoms with Crippen LogP contribution in [0.2, 0.25) is 5.02 Å². The van der Waals surface area contributed by atoms with Crippen molar-refractivity contribution in [3.05, 3.63) is 28.1 Å². The summed E-state index contributed by atoms with van der Waals surface area (Å²) in [7, 11) is 0. The summed E-state index contributed by atoms with van der Waals surface area (Å²) < 4.78 is 0.987. The van der Waals surface area contributed by atoms with E-state index in [0.717, 1.165) is 16.4 Å². The number of fused-ring (bicyclic) bond motifs is 1. The SMILES string of the molecule is Nc1c(C=O)cc2sccc2c1Cl. The lowest BCUT2D eigenvalue weighted by Crippen LogP contribution is -1.93. The fourth-order valence-corrected chi connectivity index (χ4v) is 2.38. The molecule has 1 aromatic carbocycles. The molecule has 0 atom stereocenters. The van der Waals surface area contributed by atoms with E-state index in [0.29, 0.717) is 16.3 Å². The number of aldehydes is 1. The van der Waals surface area contributed by atoms with Crippen molar-refractivity contribution < 1.29 is 4.79 Å². The third-order valence-electron chi connectivity index (χ3n) is 1.89. The topological polar surface area (TPSA) is 43.1 Å². The first-order valence-corrected chi connectivity index (χ1v) is 4.90. The monoisotopic (exact) mass is 211 g/mol. The van der Waals surface area contributed by atoms with Crippen molar-refractivity contribution in [1.29, 1.82) is 0 Å². The minimum atomic E-state index is 0.363. The molecule has 0 fully saturated rings. The second-order valence-corrected chi connectivity index (χ2v) is 3.97. The number of hydrogen-bond acceptors (Lipinski definition) is 3. The van der Waals surface area contributed by atoms with Crippen molar-refractivity contribution in [2.75, 3.05) is 5.73 Å². The number of carbonyl (C=O) groups excluding carboxylic acids is 1. The molecule has 13 heavy (non-hydrogen) atoms. The highest BCUT2D eigenvalue weighted by Crippen LogP contribution is 2.34. The number of rotatable bonds is 1. The van der Waals surface area contributed by atoms with Gasteiger partial charge in [-0.15, -0.1) is 11.3 Å². The molecule has 0 unspecified atom stereocenters. The summed E-state index contributed by atoms with van der Waals surface area (Å²) in [5.74, 6) is 0. The number of nitrogens with two attached hydrogens (primary N) is 1. The highest BCUT2D eigenvalue weighted by atomic mass is 35.5. The lowest BCUT2D eigenvalue weighted by Gasteiger charge is -2.02. The maximum atomic E-state index is 10.6. The minimum Gasteiger partial charge on any atom is -0.397 e. The van der Waals surface area contributed by atoms with E-state index in [-0.39, 0.29) is 0 Å². The molecule has 0 saturated carbocycles. The number of nitrogen functional groups attached to an aromatic ring is 1. The number of thiophene rings is 1. The molecule has 2 nitrogen and oxygen atoms in total. The first kappa shape index (κ1) is 8.53. The molecule has 0 bridgehead atoms. The number of halogens is 1. The van der Waals surface area contributed by atoms with Gasteiger partial charge in [-0.3, -0.25) is 4.79 Å². The van der Waals surface area contributed by atoms with Crippen LogP contribution in [-0.2, 0) is 0 Å². The number of carbonyl (C=O) groups is 1. The zero-order valence-electron chi connectivity index (χ0n) is 6.58. The van der Waals surface area contributed by atoms with E-state index in [1.807, 2.05) is 11.4 Å². The second-order valence-electron chi connectivity index (χ2n) is 2.64. The summed E-state index contributed by atoms with van der Waals surface area (Å²) in [5, 5.41) is 3.31. The summed E-state index contributed by atoms with van der Waals surface area (Å²) in [6.45, 7) is 0. The Labute approximate surface area is 83.9 Å². The van der Waals surface area contributed by atoms with Crippen molar-refractivity contribution in [1.82, 2.24) is 0 Å². The predicted molar refractivity (Wildman–Crippen MR) is 56.6 cm³/mol. The van der Waals surface area contributed by atoms with E-state index >= 15 is 0 Å². The molecule has 4 heteroatoms. The van der Waals surface area contributed by atoms with Crippen LogP contribution in [0.5, 0.6) is 0 Å². The molecule has 66 valence electrons. The Morgan fingerprint density at radius 2 is 2.31 bits per heavy atom. The normalized spacial score (nSPS) is 10.5. The van der Waals surface area contributed by atoms with E-state index < -0.39 is 0 Å². The van der Waals surface area contributed by atoms with Crippen LogP contribution < -0.4 is 5.73 Å². The molecule has 1 aromatic heterocycles. The summed E-state index contributed by atoms with van der Waals surface area (Å²) in [6.07, 6.45) is 0.723. The van der Waals surface area contributed by atoms with E-state index in [2.05, 4.69) is 0 Å². The minimum absolute atomic E-state index is 0.363. The Bertz CT molecular complexity index is 478. The molecular formula is C9H6ClNOS. The van der Waals surface area contributed by atoms with E-state index in [1.165, 1.54) is 0 Å². The molecule has 0 aliphatic carbocycles. The molecule has 2 N–H and O–H groups in total. The van der Waals surface area contributed by atoms with Gasteiger partial charge in [-0.25, -0.2) is 0 Å². The van der Waals surface area contributed by atoms with Gasteiger partial charge in [0.05, 0.1) is 10.7 Å². The Balaban J connectivity index is 2.91. The third kappa shape index (κ3) is 1.20. The van der Waals surface area contributed by atoms with Crippen LogP contribution in [0.3, 0.4) is 0 Å². The van der Waals surface area contributed by atoms with Crippen LogP contribution in [0, 0.1) is 0 Å². The summed E-state index contributed by atoms with van der Waals surface area (Å²) in [6, 6.07) is 3.65. The van der Waals surface area contributed by atoms with Gasteiger partial charge in [-0.05, 0) is 17.5 Å². The first-order valence-electron chi connectivity index (χ1n) is 3.64. The zero-order valence-corrected chi connectivity index (χ0v) is 8.15. The van der Waals surface area contributed by atoms with Crippen LogP contribution >= 0.6 is 22.9 Å². The average molecular weight is 212 g/mol. The largest absolute Gasteiger partial charge is 0.397 e. The summed E-state index contributed by atoms with van der Waals surface area (Å²) in [4.78, 5) is 10.6. The Kier molecular flexibility index (Phi) is 1.98. The molecule has 0 aliphatic rings. The van der Waals surface area contributed by atoms with Crippen molar-refractivity contribution >= 4 is 45.0 Å². The van der Waals surface area contributed by atoms with Gasteiger partial charge < -0.3 is 5.73 Å². The third-order valence-corrected chi connectivity index (χ3v) is 3.16. The van der Waals surface area contributed by atoms with E-state index in [1.54, 1.807) is 17.4 Å². The van der Waals surface area contributed by atoms with Gasteiger partial charge in [0.2, 0.25) is 0 Å². The molecular weight excluding hydrogens is 206 g/mol. The van der Waals surface area contributed by atoms with Crippen LogP contribution in [0.15, 0.2) is 17.5 Å². The summed E-state index contributed by atoms with van der Waals surface area (Å²) in [5.41, 5.74) is 6.48. The van der Waals surface area contributed by atoms with E-state index in [9.17, 15) is 4.79 Å². The molecule has 0 spiro atoms. The van der Waals surface area contributed by atoms with Crippen LogP contribution in [0.4, 0.5) is 5.69 Å². The summed E-state index contributed by atoms with van der Waals surface area (Å²) >= 11 is 7.51. The van der Waals surface area contributed by atoms with Gasteiger partial charge in [0.1, 0.15) is 0 Å². The Hall–Kier alpha value is -1.06. The van der Waals surface area contributed by atoms with Crippen LogP contribution in [-0.4, -0.2) is 6.29 Å². The predicted octanol–water partition coefficient (Wildman–Crippen LogP) is 2.95. The highest BCUT2D eigenvalue weighted by Gasteiger charge is 2.08. The quantitative estimate of drug-likeness (QED) is 0.582. The fourth-order valence-electron chi connectivity index (χ4n) is 1.20. The average Bonchev–Trinajstić information content (AvgIpc) is 2.59. The van der Waals surface area contributed by atoms with Crippen molar-refractivity contribution in [2.24, 2.45) is 0 Å². The number of anilines is 1. The number of benzene rings is 1. The van der Waals surface area contributed by atoms with Crippen molar-refractivity contribution in [3.63, 3.8) is 0 Å². The maximum Gasteiger partial charge on any atom is 0.152 e. The lowest BCUT2D eigenvalue weighted by atomic mass is 10.1. The van der Waals surface area contributed by atoms with E-state index in [4.69, 9.17) is 17.3 Å². The van der Waals surface area contributed by atoms with Crippen LogP contribution in [0.1, 0.15) is 10.4 Å². The smallest absolute Gasteiger partial charge is 0.152 e. The molecule has 2 rings (SSSR count). The zero-order chi connectivity index (χ0) is 9.42. The molecule has 0 saturated heterocycles. The highest BCUT2D eigenvalue weighted by molar-refractivity contribution is 7.17.